The van der Waals surface area contributed by atoms with Crippen molar-refractivity contribution in [2.45, 2.75) is 13.5 Å². The first kappa shape index (κ1) is 14.2. The normalized spacial score (nSPS) is 10.3. The van der Waals surface area contributed by atoms with Crippen LogP contribution < -0.4 is 10.2 Å². The van der Waals surface area contributed by atoms with Crippen LogP contribution in [0.1, 0.15) is 12.6 Å². The Labute approximate surface area is 120 Å². The molecule has 0 amide bonds. The van der Waals surface area contributed by atoms with Gasteiger partial charge >= 0.3 is 5.69 Å². The highest BCUT2D eigenvalue weighted by atomic mass is 32.1. The van der Waals surface area contributed by atoms with Gasteiger partial charge < -0.3 is 10.2 Å². The number of rotatable bonds is 6. The van der Waals surface area contributed by atoms with Gasteiger partial charge in [0.1, 0.15) is 5.82 Å². The smallest absolute Gasteiger partial charge is 0.311 e. The first-order valence-electron chi connectivity index (χ1n) is 6.09. The highest BCUT2D eigenvalue weighted by molar-refractivity contribution is 7.07. The van der Waals surface area contributed by atoms with E-state index in [-0.39, 0.29) is 5.69 Å². The molecule has 8 heteroatoms. The molecule has 0 atom stereocenters. The predicted molar refractivity (Wildman–Crippen MR) is 79.3 cm³/mol. The Morgan fingerprint density at radius 1 is 1.50 bits per heavy atom. The summed E-state index contributed by atoms with van der Waals surface area (Å²) in [4.78, 5) is 20.9. The van der Waals surface area contributed by atoms with Crippen LogP contribution in [0.4, 0.5) is 17.3 Å². The number of hydrogen-bond donors (Lipinski definition) is 1. The number of anilines is 2. The molecule has 0 aromatic carbocycles. The van der Waals surface area contributed by atoms with Crippen molar-refractivity contribution < 1.29 is 4.92 Å². The fourth-order valence-electron chi connectivity index (χ4n) is 1.78. The summed E-state index contributed by atoms with van der Waals surface area (Å²) >= 11 is 1.49. The lowest BCUT2D eigenvalue weighted by Gasteiger charge is -2.17. The summed E-state index contributed by atoms with van der Waals surface area (Å²) in [6.45, 7) is 3.13. The summed E-state index contributed by atoms with van der Waals surface area (Å²) in [5.74, 6) is 0.958. The zero-order valence-electron chi connectivity index (χ0n) is 11.2. The Morgan fingerprint density at radius 2 is 2.30 bits per heavy atom. The van der Waals surface area contributed by atoms with Gasteiger partial charge in [0.25, 0.3) is 0 Å². The summed E-state index contributed by atoms with van der Waals surface area (Å²) in [5, 5.41) is 16.1. The number of nitrogens with one attached hydrogen (secondary N) is 1. The Kier molecular flexibility index (Phi) is 4.46. The number of hydrogen-bond acceptors (Lipinski definition) is 7. The number of nitrogens with zero attached hydrogens (tertiary/aromatic N) is 4. The largest absolute Gasteiger partial charge is 0.370 e. The second-order valence-electron chi connectivity index (χ2n) is 4.16. The van der Waals surface area contributed by atoms with E-state index < -0.39 is 4.92 Å². The zero-order valence-corrected chi connectivity index (χ0v) is 12.1. The van der Waals surface area contributed by atoms with Gasteiger partial charge in [-0.25, -0.2) is 9.97 Å². The van der Waals surface area contributed by atoms with Crippen LogP contribution in [0.3, 0.4) is 0 Å². The maximum atomic E-state index is 11.1. The van der Waals surface area contributed by atoms with Crippen molar-refractivity contribution in [1.29, 1.82) is 0 Å². The van der Waals surface area contributed by atoms with Crippen molar-refractivity contribution in [3.05, 3.63) is 38.8 Å². The summed E-state index contributed by atoms with van der Waals surface area (Å²) in [5.41, 5.74) is 2.59. The second-order valence-corrected chi connectivity index (χ2v) is 4.88. The lowest BCUT2D eigenvalue weighted by atomic mass is 10.3. The van der Waals surface area contributed by atoms with E-state index in [0.717, 1.165) is 5.69 Å². The van der Waals surface area contributed by atoms with Gasteiger partial charge in [-0.3, -0.25) is 10.1 Å². The van der Waals surface area contributed by atoms with E-state index in [4.69, 9.17) is 0 Å². The second kappa shape index (κ2) is 6.29. The minimum atomic E-state index is -0.421. The summed E-state index contributed by atoms with van der Waals surface area (Å²) < 4.78 is 0. The lowest BCUT2D eigenvalue weighted by Crippen LogP contribution is -2.20. The Bertz CT molecular complexity index is 588. The molecule has 0 aliphatic rings. The van der Waals surface area contributed by atoms with Crippen LogP contribution in [-0.2, 0) is 6.54 Å². The number of pyridine rings is 1. The molecule has 2 heterocycles. The lowest BCUT2D eigenvalue weighted by molar-refractivity contribution is -0.384. The molecule has 0 saturated heterocycles. The highest BCUT2D eigenvalue weighted by Crippen LogP contribution is 2.27. The van der Waals surface area contributed by atoms with Crippen molar-refractivity contribution >= 4 is 28.7 Å². The average molecular weight is 293 g/mol. The highest BCUT2D eigenvalue weighted by Gasteiger charge is 2.20. The van der Waals surface area contributed by atoms with E-state index in [9.17, 15) is 10.1 Å². The molecule has 0 radical (unpaired) electrons. The summed E-state index contributed by atoms with van der Waals surface area (Å²) in [6, 6.07) is 3.08. The van der Waals surface area contributed by atoms with Gasteiger partial charge in [0.15, 0.2) is 0 Å². The molecular formula is C12H15N5O2S. The van der Waals surface area contributed by atoms with Crippen LogP contribution in [0, 0.1) is 10.1 Å². The molecule has 2 rings (SSSR count). The fraction of sp³-hybridized carbons (Fsp3) is 0.333. The van der Waals surface area contributed by atoms with Crippen molar-refractivity contribution in [3.8, 4) is 0 Å². The quantitative estimate of drug-likeness (QED) is 0.650. The van der Waals surface area contributed by atoms with Gasteiger partial charge in [0, 0.05) is 25.0 Å². The molecule has 2 aromatic rings. The van der Waals surface area contributed by atoms with E-state index in [1.807, 2.05) is 12.3 Å². The molecule has 1 N–H and O–H groups in total. The van der Waals surface area contributed by atoms with E-state index in [0.29, 0.717) is 24.7 Å². The number of thiazole rings is 1. The molecule has 7 nitrogen and oxygen atoms in total. The van der Waals surface area contributed by atoms with E-state index in [1.54, 1.807) is 23.5 Å². The third-order valence-corrected chi connectivity index (χ3v) is 3.29. The first-order chi connectivity index (χ1) is 9.61. The summed E-state index contributed by atoms with van der Waals surface area (Å²) in [6.07, 6.45) is 0. The van der Waals surface area contributed by atoms with Crippen molar-refractivity contribution in [3.63, 3.8) is 0 Å². The molecule has 106 valence electrons. The van der Waals surface area contributed by atoms with Crippen molar-refractivity contribution in [1.82, 2.24) is 9.97 Å². The molecule has 0 saturated carbocycles. The van der Waals surface area contributed by atoms with Gasteiger partial charge in [-0.1, -0.05) is 0 Å². The molecule has 0 bridgehead atoms. The van der Waals surface area contributed by atoms with Crippen molar-refractivity contribution in [2.75, 3.05) is 23.8 Å². The maximum Gasteiger partial charge on any atom is 0.311 e. The third kappa shape index (κ3) is 3.21. The van der Waals surface area contributed by atoms with E-state index >= 15 is 0 Å². The van der Waals surface area contributed by atoms with E-state index in [2.05, 4.69) is 15.3 Å². The number of aromatic nitrogens is 2. The molecule has 2 aromatic heterocycles. The van der Waals surface area contributed by atoms with Gasteiger partial charge in [-0.05, 0) is 13.0 Å². The van der Waals surface area contributed by atoms with Crippen LogP contribution in [0.5, 0.6) is 0 Å². The van der Waals surface area contributed by atoms with Crippen LogP contribution in [-0.4, -0.2) is 28.5 Å². The minimum absolute atomic E-state index is 0.00983. The van der Waals surface area contributed by atoms with Crippen molar-refractivity contribution in [2.24, 2.45) is 0 Å². The first-order valence-corrected chi connectivity index (χ1v) is 7.03. The summed E-state index contributed by atoms with van der Waals surface area (Å²) in [7, 11) is 1.77. The minimum Gasteiger partial charge on any atom is -0.370 e. The van der Waals surface area contributed by atoms with Crippen LogP contribution in [0.2, 0.25) is 0 Å². The van der Waals surface area contributed by atoms with Crippen LogP contribution >= 0.6 is 11.3 Å². The van der Waals surface area contributed by atoms with E-state index in [1.165, 1.54) is 17.4 Å². The predicted octanol–water partition coefficient (Wildman–Crippen LogP) is 2.51. The average Bonchev–Trinajstić information content (AvgIpc) is 2.91. The molecule has 20 heavy (non-hydrogen) atoms. The van der Waals surface area contributed by atoms with Gasteiger partial charge in [-0.2, -0.15) is 0 Å². The zero-order chi connectivity index (χ0) is 14.5. The molecule has 0 aliphatic heterocycles. The number of nitro groups is 1. The molecule has 0 aliphatic carbocycles. The SMILES string of the molecule is CCNc1ccc([N+](=O)[O-])c(N(C)Cc2cscn2)n1. The van der Waals surface area contributed by atoms with Crippen LogP contribution in [0.25, 0.3) is 0 Å². The third-order valence-electron chi connectivity index (χ3n) is 2.65. The van der Waals surface area contributed by atoms with Gasteiger partial charge in [0.05, 0.1) is 22.7 Å². The topological polar surface area (TPSA) is 84.2 Å². The molecule has 0 unspecified atom stereocenters. The molecular weight excluding hydrogens is 278 g/mol. The Balaban J connectivity index is 2.30. The van der Waals surface area contributed by atoms with Crippen LogP contribution in [0.15, 0.2) is 23.0 Å². The molecule has 0 spiro atoms. The maximum absolute atomic E-state index is 11.1. The van der Waals surface area contributed by atoms with Gasteiger partial charge in [-0.15, -0.1) is 11.3 Å². The Hall–Kier alpha value is -2.22. The molecule has 0 fully saturated rings. The van der Waals surface area contributed by atoms with Gasteiger partial charge in [0.2, 0.25) is 5.82 Å². The fourth-order valence-corrected chi connectivity index (χ4v) is 2.33. The monoisotopic (exact) mass is 293 g/mol. The Morgan fingerprint density at radius 3 is 2.90 bits per heavy atom. The standard InChI is InChI=1S/C12H15N5O2S/c1-3-13-11-5-4-10(17(18)19)12(15-11)16(2)6-9-7-20-8-14-9/h4-5,7-8H,3,6H2,1-2H3,(H,13,15).